The number of rotatable bonds is 2. The normalized spacial score (nSPS) is 10.9. The number of anilines is 1. The molecule has 7 heteroatoms. The third kappa shape index (κ3) is 2.72. The second-order valence-electron chi connectivity index (χ2n) is 2.86. The summed E-state index contributed by atoms with van der Waals surface area (Å²) < 4.78 is 35.8. The third-order valence-corrected chi connectivity index (χ3v) is 1.70. The maximum Gasteiger partial charge on any atom is 0.471 e. The Morgan fingerprint density at radius 3 is 2.25 bits per heavy atom. The second kappa shape index (κ2) is 4.21. The van der Waals surface area contributed by atoms with Crippen LogP contribution >= 0.6 is 0 Å². The SMILES string of the molecule is NC(=O)c1ccccc1NC(=O)C(F)(F)F. The molecule has 0 fully saturated rings. The smallest absolute Gasteiger partial charge is 0.366 e. The van der Waals surface area contributed by atoms with E-state index in [-0.39, 0.29) is 11.3 Å². The molecule has 0 aliphatic rings. The van der Waals surface area contributed by atoms with Crippen molar-refractivity contribution in [3.8, 4) is 0 Å². The van der Waals surface area contributed by atoms with Crippen LogP contribution in [0.2, 0.25) is 0 Å². The first-order chi connectivity index (χ1) is 7.32. The Morgan fingerprint density at radius 1 is 1.19 bits per heavy atom. The number of hydrogen-bond acceptors (Lipinski definition) is 2. The Bertz CT molecular complexity index is 429. The van der Waals surface area contributed by atoms with Crippen molar-refractivity contribution in [1.29, 1.82) is 0 Å². The Hall–Kier alpha value is -2.05. The van der Waals surface area contributed by atoms with Gasteiger partial charge in [-0.25, -0.2) is 0 Å². The molecular formula is C9H7F3N2O2. The first kappa shape index (κ1) is 12.0. The van der Waals surface area contributed by atoms with Gasteiger partial charge in [-0.1, -0.05) is 12.1 Å². The highest BCUT2D eigenvalue weighted by atomic mass is 19.4. The van der Waals surface area contributed by atoms with Crippen molar-refractivity contribution in [3.05, 3.63) is 29.8 Å². The fourth-order valence-electron chi connectivity index (χ4n) is 1.00. The van der Waals surface area contributed by atoms with Gasteiger partial charge in [0.1, 0.15) is 0 Å². The van der Waals surface area contributed by atoms with Crippen LogP contribution < -0.4 is 11.1 Å². The van der Waals surface area contributed by atoms with Gasteiger partial charge >= 0.3 is 12.1 Å². The maximum atomic E-state index is 11.9. The lowest BCUT2D eigenvalue weighted by Gasteiger charge is -2.10. The Labute approximate surface area is 88.2 Å². The predicted octanol–water partition coefficient (Wildman–Crippen LogP) is 1.29. The number of primary amides is 1. The van der Waals surface area contributed by atoms with E-state index in [1.807, 2.05) is 0 Å². The number of halogens is 3. The third-order valence-electron chi connectivity index (χ3n) is 1.70. The number of nitrogens with one attached hydrogen (secondary N) is 1. The summed E-state index contributed by atoms with van der Waals surface area (Å²) >= 11 is 0. The van der Waals surface area contributed by atoms with E-state index in [0.29, 0.717) is 0 Å². The van der Waals surface area contributed by atoms with Crippen molar-refractivity contribution in [2.24, 2.45) is 5.73 Å². The van der Waals surface area contributed by atoms with Gasteiger partial charge in [-0.05, 0) is 12.1 Å². The predicted molar refractivity (Wildman–Crippen MR) is 49.6 cm³/mol. The van der Waals surface area contributed by atoms with Gasteiger partial charge in [0.25, 0.3) is 5.91 Å². The fourth-order valence-corrected chi connectivity index (χ4v) is 1.00. The van der Waals surface area contributed by atoms with E-state index in [4.69, 9.17) is 5.73 Å². The molecule has 0 atom stereocenters. The number of hydrogen-bond donors (Lipinski definition) is 2. The summed E-state index contributed by atoms with van der Waals surface area (Å²) in [5.74, 6) is -3.07. The zero-order valence-electron chi connectivity index (χ0n) is 7.84. The summed E-state index contributed by atoms with van der Waals surface area (Å²) in [6.45, 7) is 0. The first-order valence-corrected chi connectivity index (χ1v) is 4.09. The van der Waals surface area contributed by atoms with E-state index < -0.39 is 18.0 Å². The molecule has 3 N–H and O–H groups in total. The van der Waals surface area contributed by atoms with Crippen LogP contribution in [0, 0.1) is 0 Å². The average molecular weight is 232 g/mol. The summed E-state index contributed by atoms with van der Waals surface area (Å²) in [5.41, 5.74) is 4.48. The topological polar surface area (TPSA) is 72.2 Å². The molecular weight excluding hydrogens is 225 g/mol. The van der Waals surface area contributed by atoms with Gasteiger partial charge in [0, 0.05) is 0 Å². The maximum absolute atomic E-state index is 11.9. The molecule has 0 saturated heterocycles. The monoisotopic (exact) mass is 232 g/mol. The molecule has 1 aromatic rings. The van der Waals surface area contributed by atoms with E-state index in [9.17, 15) is 22.8 Å². The average Bonchev–Trinajstić information content (AvgIpc) is 2.16. The number of alkyl halides is 3. The van der Waals surface area contributed by atoms with Gasteiger partial charge in [-0.15, -0.1) is 0 Å². The van der Waals surface area contributed by atoms with E-state index in [2.05, 4.69) is 0 Å². The number of para-hydroxylation sites is 1. The van der Waals surface area contributed by atoms with Gasteiger partial charge in [-0.3, -0.25) is 9.59 Å². The Morgan fingerprint density at radius 2 is 1.75 bits per heavy atom. The second-order valence-corrected chi connectivity index (χ2v) is 2.86. The summed E-state index contributed by atoms with van der Waals surface area (Å²) in [6, 6.07) is 5.17. The van der Waals surface area contributed by atoms with E-state index >= 15 is 0 Å². The van der Waals surface area contributed by atoms with Crippen molar-refractivity contribution in [2.45, 2.75) is 6.18 Å². The lowest BCUT2D eigenvalue weighted by molar-refractivity contribution is -0.167. The molecule has 0 saturated carbocycles. The molecule has 16 heavy (non-hydrogen) atoms. The molecule has 0 aromatic heterocycles. The Kier molecular flexibility index (Phi) is 3.17. The minimum atomic E-state index is -5.01. The van der Waals surface area contributed by atoms with E-state index in [1.165, 1.54) is 18.2 Å². The summed E-state index contributed by atoms with van der Waals surface area (Å²) in [4.78, 5) is 21.5. The summed E-state index contributed by atoms with van der Waals surface area (Å²) in [7, 11) is 0. The van der Waals surface area contributed by atoms with Crippen LogP contribution in [-0.4, -0.2) is 18.0 Å². The lowest BCUT2D eigenvalue weighted by Crippen LogP contribution is -2.31. The molecule has 1 rings (SSSR count). The lowest BCUT2D eigenvalue weighted by atomic mass is 10.1. The van der Waals surface area contributed by atoms with Crippen LogP contribution in [0.4, 0.5) is 18.9 Å². The Balaban J connectivity index is 2.98. The molecule has 0 heterocycles. The zero-order valence-corrected chi connectivity index (χ0v) is 7.84. The van der Waals surface area contributed by atoms with Crippen LogP contribution in [0.3, 0.4) is 0 Å². The van der Waals surface area contributed by atoms with Crippen LogP contribution in [-0.2, 0) is 4.79 Å². The standard InChI is InChI=1S/C9H7F3N2O2/c10-9(11,12)8(16)14-6-4-2-1-3-5(6)7(13)15/h1-4H,(H2,13,15)(H,14,16). The van der Waals surface area contributed by atoms with Crippen LogP contribution in [0.5, 0.6) is 0 Å². The molecule has 0 aliphatic carbocycles. The molecule has 0 unspecified atom stereocenters. The van der Waals surface area contributed by atoms with Crippen molar-refractivity contribution < 1.29 is 22.8 Å². The van der Waals surface area contributed by atoms with Crippen molar-refractivity contribution in [2.75, 3.05) is 5.32 Å². The molecule has 0 bridgehead atoms. The molecule has 0 aliphatic heterocycles. The number of amides is 2. The highest BCUT2D eigenvalue weighted by Crippen LogP contribution is 2.20. The van der Waals surface area contributed by atoms with Gasteiger partial charge in [0.15, 0.2) is 0 Å². The van der Waals surface area contributed by atoms with Gasteiger partial charge in [-0.2, -0.15) is 13.2 Å². The molecule has 0 spiro atoms. The van der Waals surface area contributed by atoms with Gasteiger partial charge in [0.2, 0.25) is 0 Å². The number of nitrogens with two attached hydrogens (primary N) is 1. The molecule has 86 valence electrons. The van der Waals surface area contributed by atoms with Crippen LogP contribution in [0.1, 0.15) is 10.4 Å². The molecule has 4 nitrogen and oxygen atoms in total. The first-order valence-electron chi connectivity index (χ1n) is 4.09. The fraction of sp³-hybridized carbons (Fsp3) is 0.111. The van der Waals surface area contributed by atoms with E-state index in [1.54, 1.807) is 5.32 Å². The molecule has 1 aromatic carbocycles. The highest BCUT2D eigenvalue weighted by Gasteiger charge is 2.39. The largest absolute Gasteiger partial charge is 0.471 e. The quantitative estimate of drug-likeness (QED) is 0.806. The van der Waals surface area contributed by atoms with Crippen molar-refractivity contribution in [1.82, 2.24) is 0 Å². The van der Waals surface area contributed by atoms with E-state index in [0.717, 1.165) is 6.07 Å². The molecule has 0 radical (unpaired) electrons. The highest BCUT2D eigenvalue weighted by molar-refractivity contribution is 6.04. The van der Waals surface area contributed by atoms with Crippen LogP contribution in [0.15, 0.2) is 24.3 Å². The van der Waals surface area contributed by atoms with Crippen LogP contribution in [0.25, 0.3) is 0 Å². The number of carbonyl (C=O) groups is 2. The molecule has 2 amide bonds. The van der Waals surface area contributed by atoms with Gasteiger partial charge in [0.05, 0.1) is 11.3 Å². The minimum absolute atomic E-state index is 0.180. The van der Waals surface area contributed by atoms with Gasteiger partial charge < -0.3 is 11.1 Å². The zero-order chi connectivity index (χ0) is 12.3. The van der Waals surface area contributed by atoms with Crippen molar-refractivity contribution >= 4 is 17.5 Å². The summed E-state index contributed by atoms with van der Waals surface area (Å²) in [5, 5.41) is 1.57. The van der Waals surface area contributed by atoms with Crippen molar-refractivity contribution in [3.63, 3.8) is 0 Å². The summed E-state index contributed by atoms with van der Waals surface area (Å²) in [6.07, 6.45) is -5.01. The minimum Gasteiger partial charge on any atom is -0.366 e. The number of benzene rings is 1. The number of carbonyl (C=O) groups excluding carboxylic acids is 2.